The average molecular weight is 521 g/mol. The first-order valence-electron chi connectivity index (χ1n) is 15.0. The lowest BCUT2D eigenvalue weighted by Gasteiger charge is -2.49. The molecule has 0 saturated carbocycles. The first-order valence-corrected chi connectivity index (χ1v) is 15.0. The van der Waals surface area contributed by atoms with Gasteiger partial charge in [-0.25, -0.2) is 0 Å². The van der Waals surface area contributed by atoms with Crippen LogP contribution in [0.15, 0.2) is 12.1 Å². The average Bonchev–Trinajstić information content (AvgIpc) is 2.84. The molecule has 0 bridgehead atoms. The van der Waals surface area contributed by atoms with Gasteiger partial charge < -0.3 is 20.4 Å². The summed E-state index contributed by atoms with van der Waals surface area (Å²) in [5.41, 5.74) is 0.525. The molecule has 1 aromatic rings. The summed E-state index contributed by atoms with van der Waals surface area (Å²) >= 11 is 0. The van der Waals surface area contributed by atoms with E-state index in [1.54, 1.807) is 0 Å². The Labute approximate surface area is 228 Å². The maximum atomic E-state index is 12.7. The molecular weight excluding hydrogens is 460 g/mol. The quantitative estimate of drug-likeness (QED) is 0.162. The number of aryl methyl sites for hydroxylation is 1. The van der Waals surface area contributed by atoms with Gasteiger partial charge in [-0.1, -0.05) is 132 Å². The van der Waals surface area contributed by atoms with Crippen LogP contribution in [0.2, 0.25) is 0 Å². The van der Waals surface area contributed by atoms with Gasteiger partial charge in [-0.2, -0.15) is 0 Å². The van der Waals surface area contributed by atoms with Crippen LogP contribution in [-0.4, -0.2) is 40.2 Å². The maximum Gasteiger partial charge on any atom is 0.102 e. The topological polar surface area (TPSA) is 80.9 Å². The van der Waals surface area contributed by atoms with E-state index < -0.39 is 30.8 Å². The second-order valence-electron chi connectivity index (χ2n) is 13.5. The van der Waals surface area contributed by atoms with Gasteiger partial charge in [0.15, 0.2) is 0 Å². The molecule has 0 radical (unpaired) electrons. The Morgan fingerprint density at radius 2 is 0.973 bits per heavy atom. The Hall–Kier alpha value is -0.940. The summed E-state index contributed by atoms with van der Waals surface area (Å²) in [6, 6.07) is 4.37. The molecule has 0 aliphatic rings. The third-order valence-electron chi connectivity index (χ3n) is 8.31. The molecule has 1 atom stereocenters. The van der Waals surface area contributed by atoms with E-state index in [-0.39, 0.29) is 10.8 Å². The molecule has 1 rings (SSSR count). The smallest absolute Gasteiger partial charge is 0.102 e. The summed E-state index contributed by atoms with van der Waals surface area (Å²) in [4.78, 5) is 0. The highest BCUT2D eigenvalue weighted by molar-refractivity contribution is 5.50. The van der Waals surface area contributed by atoms with Crippen molar-refractivity contribution in [1.29, 1.82) is 0 Å². The summed E-state index contributed by atoms with van der Waals surface area (Å²) < 4.78 is 0. The standard InChI is InChI=1S/C33H60O4/c1-9-11-12-13-14-15-16-17-18-19-20-33(37,32(23-34,24-35)25-36)29-27(30(3,4)5)21-26(10-2)22-28(29)31(6,7)8/h21-22,34-37H,9-20,23-25H2,1-8H3. The van der Waals surface area contributed by atoms with Crippen molar-refractivity contribution in [3.8, 4) is 0 Å². The molecule has 0 aromatic heterocycles. The van der Waals surface area contributed by atoms with Crippen LogP contribution in [0.25, 0.3) is 0 Å². The maximum absolute atomic E-state index is 12.7. The summed E-state index contributed by atoms with van der Waals surface area (Å²) in [5, 5.41) is 44.3. The van der Waals surface area contributed by atoms with Crippen molar-refractivity contribution < 1.29 is 20.4 Å². The van der Waals surface area contributed by atoms with Crippen molar-refractivity contribution in [2.75, 3.05) is 19.8 Å². The lowest BCUT2D eigenvalue weighted by atomic mass is 9.60. The first kappa shape index (κ1) is 34.1. The van der Waals surface area contributed by atoms with Crippen LogP contribution in [0.3, 0.4) is 0 Å². The molecule has 0 aliphatic heterocycles. The number of benzene rings is 1. The highest BCUT2D eigenvalue weighted by Crippen LogP contribution is 2.50. The van der Waals surface area contributed by atoms with Crippen LogP contribution >= 0.6 is 0 Å². The van der Waals surface area contributed by atoms with Crippen molar-refractivity contribution in [1.82, 2.24) is 0 Å². The van der Waals surface area contributed by atoms with Gasteiger partial charge in [-0.15, -0.1) is 0 Å². The Balaban J connectivity index is 3.43. The molecule has 4 heteroatoms. The summed E-state index contributed by atoms with van der Waals surface area (Å²) in [6.45, 7) is 15.8. The fraction of sp³-hybridized carbons (Fsp3) is 0.818. The number of hydrogen-bond acceptors (Lipinski definition) is 4. The predicted molar refractivity (Wildman–Crippen MR) is 157 cm³/mol. The van der Waals surface area contributed by atoms with E-state index in [2.05, 4.69) is 67.5 Å². The van der Waals surface area contributed by atoms with Crippen LogP contribution in [-0.2, 0) is 22.9 Å². The van der Waals surface area contributed by atoms with Crippen LogP contribution < -0.4 is 0 Å². The number of rotatable bonds is 17. The van der Waals surface area contributed by atoms with Crippen molar-refractivity contribution in [3.63, 3.8) is 0 Å². The van der Waals surface area contributed by atoms with E-state index in [1.807, 2.05) is 0 Å². The van der Waals surface area contributed by atoms with E-state index in [9.17, 15) is 20.4 Å². The molecule has 4 N–H and O–H groups in total. The predicted octanol–water partition coefficient (Wildman–Crippen LogP) is 7.31. The van der Waals surface area contributed by atoms with E-state index in [1.165, 1.54) is 50.5 Å². The van der Waals surface area contributed by atoms with Crippen molar-refractivity contribution in [2.45, 2.75) is 149 Å². The molecule has 0 heterocycles. The number of aliphatic hydroxyl groups excluding tert-OH is 3. The molecule has 4 nitrogen and oxygen atoms in total. The van der Waals surface area contributed by atoms with Gasteiger partial charge in [0.05, 0.1) is 25.2 Å². The number of aliphatic hydroxyl groups is 4. The highest BCUT2D eigenvalue weighted by Gasteiger charge is 2.53. The Kier molecular flexibility index (Phi) is 13.8. The van der Waals surface area contributed by atoms with E-state index in [0.29, 0.717) is 6.42 Å². The molecule has 0 amide bonds. The van der Waals surface area contributed by atoms with Crippen molar-refractivity contribution >= 4 is 0 Å². The van der Waals surface area contributed by atoms with Gasteiger partial charge in [0.1, 0.15) is 5.60 Å². The van der Waals surface area contributed by atoms with Gasteiger partial charge in [0, 0.05) is 0 Å². The zero-order chi connectivity index (χ0) is 28.3. The Bertz CT molecular complexity index is 739. The normalized spacial score (nSPS) is 14.7. The van der Waals surface area contributed by atoms with Crippen LogP contribution in [0.1, 0.15) is 148 Å². The lowest BCUT2D eigenvalue weighted by Crippen LogP contribution is -2.55. The second-order valence-corrected chi connectivity index (χ2v) is 13.5. The van der Waals surface area contributed by atoms with Crippen molar-refractivity contribution in [3.05, 3.63) is 34.4 Å². The van der Waals surface area contributed by atoms with Gasteiger partial charge in [-0.05, 0) is 45.9 Å². The van der Waals surface area contributed by atoms with E-state index >= 15 is 0 Å². The highest BCUT2D eigenvalue weighted by atomic mass is 16.3. The Morgan fingerprint density at radius 1 is 0.595 bits per heavy atom. The van der Waals surface area contributed by atoms with Gasteiger partial charge in [-0.3, -0.25) is 0 Å². The largest absolute Gasteiger partial charge is 0.395 e. The zero-order valence-electron chi connectivity index (χ0n) is 25.6. The summed E-state index contributed by atoms with van der Waals surface area (Å²) in [7, 11) is 0. The molecule has 0 saturated heterocycles. The zero-order valence-corrected chi connectivity index (χ0v) is 25.6. The summed E-state index contributed by atoms with van der Waals surface area (Å²) in [5.74, 6) is 0. The fourth-order valence-corrected chi connectivity index (χ4v) is 5.60. The minimum absolute atomic E-state index is 0.265. The molecule has 1 unspecified atom stereocenters. The second kappa shape index (κ2) is 15.0. The molecule has 0 aliphatic carbocycles. The van der Waals surface area contributed by atoms with Gasteiger partial charge >= 0.3 is 0 Å². The minimum Gasteiger partial charge on any atom is -0.395 e. The number of hydrogen-bond donors (Lipinski definition) is 4. The van der Waals surface area contributed by atoms with Gasteiger partial charge in [0.2, 0.25) is 0 Å². The van der Waals surface area contributed by atoms with Gasteiger partial charge in [0.25, 0.3) is 0 Å². The minimum atomic E-state index is -1.57. The van der Waals surface area contributed by atoms with Crippen LogP contribution in [0.4, 0.5) is 0 Å². The molecule has 37 heavy (non-hydrogen) atoms. The SMILES string of the molecule is CCCCCCCCCCCCC(O)(c1c(C(C)(C)C)cc(CC)cc1C(C)(C)C)C(CO)(CO)CO. The third-order valence-corrected chi connectivity index (χ3v) is 8.31. The molecular formula is C33H60O4. The monoisotopic (exact) mass is 520 g/mol. The Morgan fingerprint density at radius 3 is 1.30 bits per heavy atom. The first-order chi connectivity index (χ1) is 17.3. The van der Waals surface area contributed by atoms with Crippen molar-refractivity contribution in [2.24, 2.45) is 5.41 Å². The van der Waals surface area contributed by atoms with E-state index in [0.717, 1.165) is 42.4 Å². The fourth-order valence-electron chi connectivity index (χ4n) is 5.60. The summed E-state index contributed by atoms with van der Waals surface area (Å²) in [6.07, 6.45) is 13.1. The van der Waals surface area contributed by atoms with E-state index in [4.69, 9.17) is 0 Å². The van der Waals surface area contributed by atoms with Crippen LogP contribution in [0, 0.1) is 5.41 Å². The third kappa shape index (κ3) is 8.78. The lowest BCUT2D eigenvalue weighted by molar-refractivity contribution is -0.165. The molecule has 0 fully saturated rings. The number of unbranched alkanes of at least 4 members (excludes halogenated alkanes) is 9. The molecule has 1 aromatic carbocycles. The van der Waals surface area contributed by atoms with Crippen LogP contribution in [0.5, 0.6) is 0 Å². The molecule has 216 valence electrons. The molecule has 0 spiro atoms.